The van der Waals surface area contributed by atoms with E-state index in [4.69, 9.17) is 39.5 Å². The van der Waals surface area contributed by atoms with E-state index in [1.165, 1.54) is 0 Å². The monoisotopic (exact) mass is 470 g/mol. The number of halogens is 9. The third kappa shape index (κ3) is 6.02. The van der Waals surface area contributed by atoms with Crippen LogP contribution >= 0.6 is 34.8 Å². The van der Waals surface area contributed by atoms with Crippen LogP contribution in [0.25, 0.3) is 0 Å². The van der Waals surface area contributed by atoms with E-state index < -0.39 is 28.3 Å². The van der Waals surface area contributed by atoms with Gasteiger partial charge in [-0.3, -0.25) is 0 Å². The van der Waals surface area contributed by atoms with E-state index >= 15 is 0 Å². The lowest BCUT2D eigenvalue weighted by molar-refractivity contribution is -0.148. The molecule has 0 aromatic carbocycles. The van der Waals surface area contributed by atoms with Gasteiger partial charge in [0.05, 0.1) is 0 Å². The van der Waals surface area contributed by atoms with Crippen molar-refractivity contribution >= 4 is 40.1 Å². The van der Waals surface area contributed by atoms with Crippen molar-refractivity contribution in [3.05, 3.63) is 29.3 Å². The number of alkyl halides is 7. The number of amidine groups is 1. The highest BCUT2D eigenvalue weighted by Crippen LogP contribution is 2.39. The molecule has 14 heteroatoms. The fourth-order valence-electron chi connectivity index (χ4n) is 1.85. The Morgan fingerprint density at radius 1 is 1.11 bits per heavy atom. The van der Waals surface area contributed by atoms with Crippen molar-refractivity contribution in [3.63, 3.8) is 0 Å². The maximum atomic E-state index is 12.4. The Balaban J connectivity index is 0.000000209. The van der Waals surface area contributed by atoms with Gasteiger partial charge in [0.1, 0.15) is 6.10 Å². The zero-order valence-electron chi connectivity index (χ0n) is 13.6. The van der Waals surface area contributed by atoms with Gasteiger partial charge in [-0.05, 0) is 48.5 Å². The van der Waals surface area contributed by atoms with Crippen LogP contribution in [-0.2, 0) is 6.18 Å². The van der Waals surface area contributed by atoms with Crippen molar-refractivity contribution in [1.29, 1.82) is 0 Å². The first-order valence-corrected chi connectivity index (χ1v) is 8.67. The first-order valence-electron chi connectivity index (χ1n) is 7.54. The zero-order chi connectivity index (χ0) is 21.2. The van der Waals surface area contributed by atoms with Gasteiger partial charge in [-0.2, -0.15) is 31.3 Å². The number of nitrogens with one attached hydrogen (secondary N) is 1. The van der Waals surface area contributed by atoms with Gasteiger partial charge >= 0.3 is 12.4 Å². The van der Waals surface area contributed by atoms with E-state index in [1.807, 2.05) is 0 Å². The molecule has 3 rings (SSSR count). The first-order chi connectivity index (χ1) is 12.8. The second kappa shape index (κ2) is 8.50. The van der Waals surface area contributed by atoms with Crippen LogP contribution in [0.15, 0.2) is 23.3 Å². The van der Waals surface area contributed by atoms with Gasteiger partial charge in [-0.1, -0.05) is 11.6 Å². The molecule has 1 aliphatic heterocycles. The number of aromatic nitrogens is 2. The SMILES string of the molecule is FC(F)(F)C1(Cl)C=CNC(Cl)=N1.FC(F)(F)c1cc(OC2CCC2)nc(Cl)n1. The van der Waals surface area contributed by atoms with Crippen LogP contribution in [0.5, 0.6) is 5.88 Å². The van der Waals surface area contributed by atoms with Crippen molar-refractivity contribution in [3.8, 4) is 5.88 Å². The summed E-state index contributed by atoms with van der Waals surface area (Å²) in [7, 11) is 0. The maximum Gasteiger partial charge on any atom is 0.433 e. The Morgan fingerprint density at radius 2 is 1.75 bits per heavy atom. The highest BCUT2D eigenvalue weighted by Gasteiger charge is 2.53. The predicted octanol–water partition coefficient (Wildman–Crippen LogP) is 5.28. The highest BCUT2D eigenvalue weighted by atomic mass is 35.5. The fraction of sp³-hybridized carbons (Fsp3) is 0.500. The standard InChI is InChI=1S/C9H8ClF3N2O.C5H3Cl2F3N2/c10-8-14-6(9(11,12)13)4-7(15-8)16-5-2-1-3-5;6-3-11-2-1-4(7,12-3)5(8,9)10/h4-5H,1-3H2;1-2H,(H,11,12). The summed E-state index contributed by atoms with van der Waals surface area (Å²) >= 11 is 15.7. The Bertz CT molecular complexity index is 766. The van der Waals surface area contributed by atoms with Gasteiger partial charge < -0.3 is 10.1 Å². The van der Waals surface area contributed by atoms with Crippen LogP contribution in [-0.4, -0.2) is 32.5 Å². The Morgan fingerprint density at radius 3 is 2.18 bits per heavy atom. The van der Waals surface area contributed by atoms with Crippen molar-refractivity contribution < 1.29 is 31.1 Å². The van der Waals surface area contributed by atoms with Gasteiger partial charge in [0.2, 0.25) is 11.2 Å². The molecule has 1 N–H and O–H groups in total. The molecular formula is C14H11Cl3F6N4O. The summed E-state index contributed by atoms with van der Waals surface area (Å²) < 4.78 is 78.7. The molecule has 0 radical (unpaired) electrons. The lowest BCUT2D eigenvalue weighted by Crippen LogP contribution is -2.40. The van der Waals surface area contributed by atoms with Crippen molar-refractivity contribution in [2.24, 2.45) is 4.99 Å². The van der Waals surface area contributed by atoms with Crippen LogP contribution < -0.4 is 10.1 Å². The molecular weight excluding hydrogens is 461 g/mol. The summed E-state index contributed by atoms with van der Waals surface area (Å²) in [5.41, 5.74) is -1.08. The topological polar surface area (TPSA) is 59.4 Å². The summed E-state index contributed by atoms with van der Waals surface area (Å²) in [6, 6.07) is 0.768. The average molecular weight is 472 g/mol. The third-order valence-electron chi connectivity index (χ3n) is 3.47. The zero-order valence-corrected chi connectivity index (χ0v) is 15.9. The molecule has 0 saturated heterocycles. The molecule has 1 unspecified atom stereocenters. The average Bonchev–Trinajstić information content (AvgIpc) is 2.49. The Hall–Kier alpha value is -1.46. The molecule has 1 aromatic rings. The van der Waals surface area contributed by atoms with Gasteiger partial charge in [-0.25, -0.2) is 9.98 Å². The van der Waals surface area contributed by atoms with Crippen LogP contribution in [0.3, 0.4) is 0 Å². The number of aliphatic imine (C=N–C) groups is 1. The Kier molecular flexibility index (Phi) is 6.93. The van der Waals surface area contributed by atoms with Gasteiger partial charge in [0.15, 0.2) is 11.0 Å². The van der Waals surface area contributed by atoms with Crippen LogP contribution in [0.2, 0.25) is 5.28 Å². The van der Waals surface area contributed by atoms with Crippen LogP contribution in [0, 0.1) is 0 Å². The molecule has 0 amide bonds. The number of hydrogen-bond donors (Lipinski definition) is 1. The van der Waals surface area contributed by atoms with E-state index in [-0.39, 0.29) is 17.3 Å². The summed E-state index contributed by atoms with van der Waals surface area (Å²) in [4.78, 5) is 6.99. The quantitative estimate of drug-likeness (QED) is 0.276. The molecule has 0 bridgehead atoms. The molecule has 1 aromatic heterocycles. The number of hydrogen-bond acceptors (Lipinski definition) is 5. The summed E-state index contributed by atoms with van der Waals surface area (Å²) in [5.74, 6) is -0.114. The molecule has 0 spiro atoms. The lowest BCUT2D eigenvalue weighted by atomic mass is 9.96. The van der Waals surface area contributed by atoms with Gasteiger partial charge in [0, 0.05) is 12.3 Å². The minimum absolute atomic E-state index is 0.0490. The largest absolute Gasteiger partial charge is 0.474 e. The number of nitrogens with zero attached hydrogens (tertiary/aromatic N) is 3. The van der Waals surface area contributed by atoms with Crippen LogP contribution in [0.4, 0.5) is 26.3 Å². The second-order valence-corrected chi connectivity index (χ2v) is 6.85. The van der Waals surface area contributed by atoms with Gasteiger partial charge in [-0.15, -0.1) is 0 Å². The normalized spacial score (nSPS) is 22.4. The molecule has 5 nitrogen and oxygen atoms in total. The molecule has 28 heavy (non-hydrogen) atoms. The van der Waals surface area contributed by atoms with Crippen molar-refractivity contribution in [2.45, 2.75) is 42.7 Å². The van der Waals surface area contributed by atoms with E-state index in [9.17, 15) is 26.3 Å². The molecule has 2 heterocycles. The summed E-state index contributed by atoms with van der Waals surface area (Å²) in [5, 5.41) is 1.42. The maximum absolute atomic E-state index is 12.4. The molecule has 1 saturated carbocycles. The lowest BCUT2D eigenvalue weighted by Gasteiger charge is -2.25. The second-order valence-electron chi connectivity index (χ2n) is 5.58. The Labute approximate surface area is 169 Å². The van der Waals surface area contributed by atoms with E-state index in [0.717, 1.165) is 31.5 Å². The minimum Gasteiger partial charge on any atom is -0.474 e. The van der Waals surface area contributed by atoms with Crippen molar-refractivity contribution in [2.75, 3.05) is 0 Å². The molecule has 1 fully saturated rings. The first kappa shape index (κ1) is 22.8. The van der Waals surface area contributed by atoms with E-state index in [2.05, 4.69) is 20.3 Å². The smallest absolute Gasteiger partial charge is 0.433 e. The van der Waals surface area contributed by atoms with Crippen LogP contribution in [0.1, 0.15) is 25.0 Å². The van der Waals surface area contributed by atoms with E-state index in [1.54, 1.807) is 0 Å². The molecule has 156 valence electrons. The van der Waals surface area contributed by atoms with Gasteiger partial charge in [0.25, 0.3) is 5.00 Å². The molecule has 2 aliphatic rings. The number of rotatable bonds is 2. The van der Waals surface area contributed by atoms with Crippen molar-refractivity contribution in [1.82, 2.24) is 15.3 Å². The number of ether oxygens (including phenoxy) is 1. The predicted molar refractivity (Wildman–Crippen MR) is 90.5 cm³/mol. The summed E-state index contributed by atoms with van der Waals surface area (Å²) in [6.07, 6.45) is -4.86. The fourth-order valence-corrected chi connectivity index (χ4v) is 2.41. The molecule has 1 atom stereocenters. The molecule has 1 aliphatic carbocycles. The van der Waals surface area contributed by atoms with E-state index in [0.29, 0.717) is 6.08 Å². The minimum atomic E-state index is -4.65. The summed E-state index contributed by atoms with van der Waals surface area (Å²) in [6.45, 7) is 0. The highest BCUT2D eigenvalue weighted by molar-refractivity contribution is 6.65. The third-order valence-corrected chi connectivity index (χ3v) is 4.26.